The Bertz CT molecular complexity index is 1360. The zero-order valence-electron chi connectivity index (χ0n) is 16.9. The van der Waals surface area contributed by atoms with E-state index in [2.05, 4.69) is 21.7 Å². The molecule has 0 saturated heterocycles. The summed E-state index contributed by atoms with van der Waals surface area (Å²) in [5.41, 5.74) is 4.29. The van der Waals surface area contributed by atoms with Crippen molar-refractivity contribution in [3.63, 3.8) is 0 Å². The van der Waals surface area contributed by atoms with Crippen LogP contribution in [0.1, 0.15) is 11.5 Å². The van der Waals surface area contributed by atoms with E-state index in [9.17, 15) is 4.79 Å². The van der Waals surface area contributed by atoms with Gasteiger partial charge in [-0.25, -0.2) is 9.97 Å². The van der Waals surface area contributed by atoms with Crippen LogP contribution in [0.3, 0.4) is 0 Å². The molecule has 0 bridgehead atoms. The Balaban J connectivity index is 1.29. The van der Waals surface area contributed by atoms with Gasteiger partial charge in [-0.05, 0) is 35.9 Å². The summed E-state index contributed by atoms with van der Waals surface area (Å²) in [4.78, 5) is 21.4. The quantitative estimate of drug-likeness (QED) is 0.227. The van der Waals surface area contributed by atoms with Crippen molar-refractivity contribution in [2.24, 2.45) is 0 Å². The number of aromatic nitrogens is 3. The Morgan fingerprint density at radius 3 is 2.66 bits per heavy atom. The Hall–Kier alpha value is -3.29. The number of rotatable bonds is 7. The monoisotopic (exact) mass is 463 g/mol. The number of ether oxygens (including phenoxy) is 1. The van der Waals surface area contributed by atoms with Crippen LogP contribution in [0.2, 0.25) is 5.02 Å². The predicted molar refractivity (Wildman–Crippen MR) is 125 cm³/mol. The van der Waals surface area contributed by atoms with Crippen molar-refractivity contribution < 1.29 is 13.9 Å². The van der Waals surface area contributed by atoms with Crippen molar-refractivity contribution in [3.05, 3.63) is 89.3 Å². The number of oxazole rings is 1. The first-order valence-corrected chi connectivity index (χ1v) is 11.3. The van der Waals surface area contributed by atoms with Crippen molar-refractivity contribution in [2.45, 2.75) is 18.3 Å². The zero-order chi connectivity index (χ0) is 21.9. The van der Waals surface area contributed by atoms with E-state index >= 15 is 0 Å². The van der Waals surface area contributed by atoms with Crippen molar-refractivity contribution >= 4 is 51.5 Å². The van der Waals surface area contributed by atoms with E-state index in [-0.39, 0.29) is 18.3 Å². The number of imidazole rings is 1. The Kier molecular flexibility index (Phi) is 5.83. The normalized spacial score (nSPS) is 11.3. The van der Waals surface area contributed by atoms with E-state index in [4.69, 9.17) is 25.7 Å². The molecule has 0 aliphatic carbocycles. The zero-order valence-corrected chi connectivity index (χ0v) is 18.5. The molecule has 3 aromatic carbocycles. The third kappa shape index (κ3) is 4.49. The minimum atomic E-state index is -0.367. The minimum Gasteiger partial charge on any atom is -0.455 e. The second kappa shape index (κ2) is 9.06. The maximum atomic E-state index is 12.4. The SMILES string of the molecule is O=C(CSc1nc2cc(Cl)ccc2n1Cc1ccccc1)OCc1nc2ccccc2o1. The highest BCUT2D eigenvalue weighted by atomic mass is 35.5. The van der Waals surface area contributed by atoms with Crippen LogP contribution in [0.15, 0.2) is 82.4 Å². The van der Waals surface area contributed by atoms with Gasteiger partial charge in [-0.1, -0.05) is 65.8 Å². The molecule has 5 rings (SSSR count). The molecule has 0 atom stereocenters. The van der Waals surface area contributed by atoms with Gasteiger partial charge in [0, 0.05) is 5.02 Å². The molecule has 0 N–H and O–H groups in total. The Morgan fingerprint density at radius 1 is 1.00 bits per heavy atom. The molecule has 0 amide bonds. The van der Waals surface area contributed by atoms with E-state index in [0.29, 0.717) is 23.0 Å². The van der Waals surface area contributed by atoms with Crippen LogP contribution in [0.25, 0.3) is 22.1 Å². The maximum Gasteiger partial charge on any atom is 0.316 e. The van der Waals surface area contributed by atoms with Gasteiger partial charge in [0.25, 0.3) is 0 Å². The number of hydrogen-bond acceptors (Lipinski definition) is 6. The lowest BCUT2D eigenvalue weighted by atomic mass is 10.2. The third-order valence-electron chi connectivity index (χ3n) is 4.87. The van der Waals surface area contributed by atoms with Crippen LogP contribution in [-0.2, 0) is 22.7 Å². The molecule has 6 nitrogen and oxygen atoms in total. The smallest absolute Gasteiger partial charge is 0.316 e. The molecule has 32 heavy (non-hydrogen) atoms. The van der Waals surface area contributed by atoms with Gasteiger partial charge in [0.1, 0.15) is 5.52 Å². The number of esters is 1. The molecule has 0 radical (unpaired) electrons. The van der Waals surface area contributed by atoms with E-state index in [1.54, 1.807) is 0 Å². The summed E-state index contributed by atoms with van der Waals surface area (Å²) in [5, 5.41) is 1.35. The van der Waals surface area contributed by atoms with E-state index in [1.807, 2.05) is 60.7 Å². The number of benzene rings is 3. The molecule has 0 unspecified atom stereocenters. The number of hydrogen-bond donors (Lipinski definition) is 0. The number of nitrogens with zero attached hydrogens (tertiary/aromatic N) is 3. The van der Waals surface area contributed by atoms with E-state index in [1.165, 1.54) is 11.8 Å². The lowest BCUT2D eigenvalue weighted by Crippen LogP contribution is -2.09. The highest BCUT2D eigenvalue weighted by molar-refractivity contribution is 7.99. The summed E-state index contributed by atoms with van der Waals surface area (Å²) in [5.74, 6) is 0.121. The molecule has 0 fully saturated rings. The number of thioether (sulfide) groups is 1. The number of carbonyl (C=O) groups is 1. The number of fused-ring (bicyclic) bond motifs is 2. The number of halogens is 1. The molecule has 0 aliphatic heterocycles. The average Bonchev–Trinajstić information content (AvgIpc) is 3.37. The van der Waals surface area contributed by atoms with Gasteiger partial charge >= 0.3 is 5.97 Å². The van der Waals surface area contributed by atoms with E-state index < -0.39 is 0 Å². The van der Waals surface area contributed by atoms with Crippen LogP contribution >= 0.6 is 23.4 Å². The summed E-state index contributed by atoms with van der Waals surface area (Å²) in [7, 11) is 0. The lowest BCUT2D eigenvalue weighted by Gasteiger charge is -2.09. The fourth-order valence-corrected chi connectivity index (χ4v) is 4.38. The van der Waals surface area contributed by atoms with Gasteiger partial charge in [0.15, 0.2) is 17.3 Å². The second-order valence-corrected chi connectivity index (χ2v) is 8.50. The van der Waals surface area contributed by atoms with Gasteiger partial charge in [0.2, 0.25) is 5.89 Å². The molecule has 2 aromatic heterocycles. The number of para-hydroxylation sites is 2. The summed E-state index contributed by atoms with van der Waals surface area (Å²) in [6, 6.07) is 23.2. The Labute approximate surface area is 193 Å². The first kappa shape index (κ1) is 20.6. The van der Waals surface area contributed by atoms with Crippen LogP contribution in [0, 0.1) is 0 Å². The molecule has 8 heteroatoms. The van der Waals surface area contributed by atoms with Crippen LogP contribution in [-0.4, -0.2) is 26.3 Å². The van der Waals surface area contributed by atoms with E-state index in [0.717, 1.165) is 27.3 Å². The number of carbonyl (C=O) groups excluding carboxylic acids is 1. The first-order chi connectivity index (χ1) is 15.7. The van der Waals surface area contributed by atoms with Crippen LogP contribution < -0.4 is 0 Å². The fraction of sp³-hybridized carbons (Fsp3) is 0.125. The van der Waals surface area contributed by atoms with Gasteiger partial charge in [-0.2, -0.15) is 0 Å². The maximum absolute atomic E-state index is 12.4. The fourth-order valence-electron chi connectivity index (χ4n) is 3.40. The minimum absolute atomic E-state index is 0.00981. The molecule has 0 aliphatic rings. The molecule has 0 spiro atoms. The van der Waals surface area contributed by atoms with Crippen molar-refractivity contribution in [1.82, 2.24) is 14.5 Å². The predicted octanol–water partition coefficient (Wildman–Crippen LogP) is 5.71. The van der Waals surface area contributed by atoms with Gasteiger partial charge < -0.3 is 13.7 Å². The summed E-state index contributed by atoms with van der Waals surface area (Å²) < 4.78 is 13.0. The largest absolute Gasteiger partial charge is 0.455 e. The molecule has 160 valence electrons. The van der Waals surface area contributed by atoms with Crippen molar-refractivity contribution in [3.8, 4) is 0 Å². The summed E-state index contributed by atoms with van der Waals surface area (Å²) in [6.07, 6.45) is 0. The second-order valence-electron chi connectivity index (χ2n) is 7.12. The Morgan fingerprint density at radius 2 is 1.81 bits per heavy atom. The van der Waals surface area contributed by atoms with Crippen molar-refractivity contribution in [2.75, 3.05) is 5.75 Å². The van der Waals surface area contributed by atoms with Crippen LogP contribution in [0.4, 0.5) is 0 Å². The van der Waals surface area contributed by atoms with Gasteiger partial charge in [-0.3, -0.25) is 4.79 Å². The highest BCUT2D eigenvalue weighted by Gasteiger charge is 2.15. The third-order valence-corrected chi connectivity index (χ3v) is 6.06. The topological polar surface area (TPSA) is 70.2 Å². The lowest BCUT2D eigenvalue weighted by molar-refractivity contribution is -0.142. The summed E-state index contributed by atoms with van der Waals surface area (Å²) >= 11 is 7.48. The molecule has 5 aromatic rings. The molecular weight excluding hydrogens is 446 g/mol. The summed E-state index contributed by atoms with van der Waals surface area (Å²) in [6.45, 7) is 0.628. The average molecular weight is 464 g/mol. The van der Waals surface area contributed by atoms with Crippen molar-refractivity contribution in [1.29, 1.82) is 0 Å². The first-order valence-electron chi connectivity index (χ1n) is 9.98. The van der Waals surface area contributed by atoms with Crippen LogP contribution in [0.5, 0.6) is 0 Å². The molecular formula is C24H18ClN3O3S. The standard InChI is InChI=1S/C24H18ClN3O3S/c25-17-10-11-20-19(12-17)27-24(28(20)13-16-6-2-1-3-7-16)32-15-23(29)30-14-22-26-18-8-4-5-9-21(18)31-22/h1-12H,13-15H2. The van der Waals surface area contributed by atoms with Gasteiger partial charge in [-0.15, -0.1) is 0 Å². The molecule has 2 heterocycles. The highest BCUT2D eigenvalue weighted by Crippen LogP contribution is 2.27. The molecule has 0 saturated carbocycles. The van der Waals surface area contributed by atoms with Gasteiger partial charge in [0.05, 0.1) is 23.3 Å².